The van der Waals surface area contributed by atoms with Gasteiger partial charge >= 0.3 is 23.2 Å². The molecule has 0 rings (SSSR count). The molecular weight excluding hydrogens is 354 g/mol. The maximum Gasteiger partial charge on any atom is 0.407 e. The second kappa shape index (κ2) is 8.10. The minimum Gasteiger partial charge on any atom is -0.743 e. The maximum atomic E-state index is 13.0. The van der Waals surface area contributed by atoms with Gasteiger partial charge in [-0.2, -0.15) is 17.6 Å². The van der Waals surface area contributed by atoms with Crippen LogP contribution in [0.5, 0.6) is 0 Å². The summed E-state index contributed by atoms with van der Waals surface area (Å²) in [6.45, 7) is 1.26. The van der Waals surface area contributed by atoms with Crippen molar-refractivity contribution in [3.8, 4) is 0 Å². The van der Waals surface area contributed by atoms with Gasteiger partial charge in [0.05, 0.1) is 19.6 Å². The lowest BCUT2D eigenvalue weighted by Gasteiger charge is -2.28. The first-order valence-electron chi connectivity index (χ1n) is 5.76. The lowest BCUT2D eigenvalue weighted by atomic mass is 10.2. The van der Waals surface area contributed by atoms with E-state index >= 15 is 0 Å². The van der Waals surface area contributed by atoms with Crippen molar-refractivity contribution in [2.24, 2.45) is 0 Å². The Balaban J connectivity index is 4.21. The number of carbonyl (C=O) groups is 2. The summed E-state index contributed by atoms with van der Waals surface area (Å²) in [7, 11) is -6.58. The molecule has 1 amide bonds. The van der Waals surface area contributed by atoms with Crippen LogP contribution in [0.3, 0.4) is 0 Å². The van der Waals surface area contributed by atoms with Gasteiger partial charge in [0.15, 0.2) is 10.1 Å². The average Bonchev–Trinajstić information content (AvgIpc) is 2.41. The molecule has 8 nitrogen and oxygen atoms in total. The second-order valence-corrected chi connectivity index (χ2v) is 5.28. The Morgan fingerprint density at radius 2 is 1.74 bits per heavy atom. The Hall–Kier alpha value is -1.89. The van der Waals surface area contributed by atoms with Crippen LogP contribution in [0.15, 0.2) is 12.7 Å². The van der Waals surface area contributed by atoms with Crippen LogP contribution in [0.4, 0.5) is 22.4 Å². The van der Waals surface area contributed by atoms with Crippen molar-refractivity contribution >= 4 is 22.2 Å². The molecule has 0 aromatic heterocycles. The number of halogens is 4. The Morgan fingerprint density at radius 3 is 2.22 bits per heavy atom. The summed E-state index contributed by atoms with van der Waals surface area (Å²) in [5.74, 6) is -5.99. The van der Waals surface area contributed by atoms with Crippen molar-refractivity contribution in [3.63, 3.8) is 0 Å². The van der Waals surface area contributed by atoms with Crippen molar-refractivity contribution in [1.82, 2.24) is 5.32 Å². The van der Waals surface area contributed by atoms with E-state index in [9.17, 15) is 40.1 Å². The summed E-state index contributed by atoms with van der Waals surface area (Å²) in [6.07, 6.45) is -2.34. The predicted octanol–water partition coefficient (Wildman–Crippen LogP) is 0.605. The minimum absolute atomic E-state index is 0.264. The first-order valence-corrected chi connectivity index (χ1v) is 7.17. The van der Waals surface area contributed by atoms with Crippen molar-refractivity contribution < 1.29 is 49.6 Å². The molecule has 0 radical (unpaired) electrons. The van der Waals surface area contributed by atoms with E-state index in [1.165, 1.54) is 0 Å². The molecule has 0 heterocycles. The molecule has 0 unspecified atom stereocenters. The molecule has 134 valence electrons. The molecule has 0 fully saturated rings. The number of ether oxygens (including phenoxy) is 2. The molecule has 0 saturated heterocycles. The van der Waals surface area contributed by atoms with Gasteiger partial charge in [0.25, 0.3) is 0 Å². The van der Waals surface area contributed by atoms with E-state index < -0.39 is 46.4 Å². The Morgan fingerprint density at radius 1 is 1.17 bits per heavy atom. The van der Waals surface area contributed by atoms with Crippen molar-refractivity contribution in [2.45, 2.75) is 17.6 Å². The lowest BCUT2D eigenvalue weighted by Crippen LogP contribution is -2.47. The molecular formula is C10H12F4NO7S-. The zero-order chi connectivity index (χ0) is 18.3. The standard InChI is InChI=1S/C10H13F4NO7S/c1-2-7(16)21-6-4-15-8(17)22-5-3-9(11,12)10(13,14)23(18,19)20/h2H,1,3-6H2,(H,15,17)(H,18,19,20)/p-1. The van der Waals surface area contributed by atoms with E-state index in [1.807, 2.05) is 5.32 Å². The molecule has 23 heavy (non-hydrogen) atoms. The lowest BCUT2D eigenvalue weighted by molar-refractivity contribution is -0.168. The SMILES string of the molecule is C=CC(=O)OCCNC(=O)OCCC(F)(F)C(F)(F)S(=O)(=O)[O-]. The summed E-state index contributed by atoms with van der Waals surface area (Å²) >= 11 is 0. The third-order valence-corrected chi connectivity index (χ3v) is 3.10. The van der Waals surface area contributed by atoms with Gasteiger partial charge in [-0.25, -0.2) is 18.0 Å². The number of nitrogens with one attached hydrogen (secondary N) is 1. The van der Waals surface area contributed by atoms with Crippen LogP contribution < -0.4 is 5.32 Å². The number of esters is 1. The normalized spacial score (nSPS) is 12.4. The van der Waals surface area contributed by atoms with Crippen molar-refractivity contribution in [2.75, 3.05) is 19.8 Å². The molecule has 0 aromatic carbocycles. The fourth-order valence-electron chi connectivity index (χ4n) is 1.01. The van der Waals surface area contributed by atoms with Gasteiger partial charge in [-0.3, -0.25) is 0 Å². The number of alkyl halides is 4. The number of rotatable bonds is 9. The summed E-state index contributed by atoms with van der Waals surface area (Å²) in [4.78, 5) is 21.6. The summed E-state index contributed by atoms with van der Waals surface area (Å²) in [5, 5.41) is -3.90. The van der Waals surface area contributed by atoms with Gasteiger partial charge in [0, 0.05) is 6.08 Å². The third-order valence-electron chi connectivity index (χ3n) is 2.17. The molecule has 13 heteroatoms. The summed E-state index contributed by atoms with van der Waals surface area (Å²) in [6, 6.07) is 0. The molecule has 0 aliphatic rings. The van der Waals surface area contributed by atoms with E-state index in [-0.39, 0.29) is 13.2 Å². The first kappa shape index (κ1) is 21.1. The molecule has 0 bridgehead atoms. The van der Waals surface area contributed by atoms with Crippen molar-refractivity contribution in [1.29, 1.82) is 0 Å². The van der Waals surface area contributed by atoms with Crippen LogP contribution in [0.25, 0.3) is 0 Å². The monoisotopic (exact) mass is 366 g/mol. The van der Waals surface area contributed by atoms with Gasteiger partial charge in [-0.05, 0) is 0 Å². The van der Waals surface area contributed by atoms with E-state index in [4.69, 9.17) is 0 Å². The van der Waals surface area contributed by atoms with Crippen LogP contribution in [0, 0.1) is 0 Å². The molecule has 0 saturated carbocycles. The fraction of sp³-hybridized carbons (Fsp3) is 0.600. The highest BCUT2D eigenvalue weighted by Crippen LogP contribution is 2.40. The first-order chi connectivity index (χ1) is 10.3. The van der Waals surface area contributed by atoms with Crippen LogP contribution in [-0.2, 0) is 24.4 Å². The predicted molar refractivity (Wildman–Crippen MR) is 64.7 cm³/mol. The number of carbonyl (C=O) groups excluding carboxylic acids is 2. The number of amides is 1. The highest BCUT2D eigenvalue weighted by Gasteiger charge is 2.61. The molecule has 0 aliphatic carbocycles. The van der Waals surface area contributed by atoms with Gasteiger partial charge in [-0.1, -0.05) is 6.58 Å². The zero-order valence-electron chi connectivity index (χ0n) is 11.4. The summed E-state index contributed by atoms with van der Waals surface area (Å²) < 4.78 is 90.2. The minimum atomic E-state index is -6.58. The molecule has 0 aliphatic heterocycles. The van der Waals surface area contributed by atoms with Crippen LogP contribution in [-0.4, -0.2) is 56.0 Å². The maximum absolute atomic E-state index is 13.0. The van der Waals surface area contributed by atoms with Gasteiger partial charge in [-0.15, -0.1) is 0 Å². The van der Waals surface area contributed by atoms with E-state index in [0.717, 1.165) is 6.08 Å². The van der Waals surface area contributed by atoms with E-state index in [0.29, 0.717) is 0 Å². The van der Waals surface area contributed by atoms with E-state index in [1.54, 1.807) is 0 Å². The fourth-order valence-corrected chi connectivity index (χ4v) is 1.48. The third kappa shape index (κ3) is 6.40. The largest absolute Gasteiger partial charge is 0.743 e. The zero-order valence-corrected chi connectivity index (χ0v) is 12.2. The van der Waals surface area contributed by atoms with Gasteiger partial charge in [0.1, 0.15) is 6.61 Å². The molecule has 0 aromatic rings. The Bertz CT molecular complexity index is 549. The quantitative estimate of drug-likeness (QED) is 0.208. The number of hydrogen-bond acceptors (Lipinski definition) is 7. The average molecular weight is 366 g/mol. The molecule has 1 N–H and O–H groups in total. The second-order valence-electron chi connectivity index (χ2n) is 3.86. The smallest absolute Gasteiger partial charge is 0.407 e. The Labute approximate surface area is 128 Å². The Kier molecular flexibility index (Phi) is 7.43. The molecule has 0 atom stereocenters. The number of hydrogen-bond donors (Lipinski definition) is 1. The molecule has 0 spiro atoms. The highest BCUT2D eigenvalue weighted by molar-refractivity contribution is 7.86. The highest BCUT2D eigenvalue weighted by atomic mass is 32.2. The van der Waals surface area contributed by atoms with Gasteiger partial charge < -0.3 is 19.3 Å². The van der Waals surface area contributed by atoms with Crippen molar-refractivity contribution in [3.05, 3.63) is 12.7 Å². The van der Waals surface area contributed by atoms with Crippen LogP contribution >= 0.6 is 0 Å². The van der Waals surface area contributed by atoms with Crippen LogP contribution in [0.2, 0.25) is 0 Å². The van der Waals surface area contributed by atoms with E-state index in [2.05, 4.69) is 16.1 Å². The summed E-state index contributed by atoms with van der Waals surface area (Å²) in [5.41, 5.74) is 0. The van der Waals surface area contributed by atoms with Crippen LogP contribution in [0.1, 0.15) is 6.42 Å². The number of alkyl carbamates (subject to hydrolysis) is 1. The van der Waals surface area contributed by atoms with Gasteiger partial charge in [0.2, 0.25) is 0 Å². The topological polar surface area (TPSA) is 122 Å².